The lowest BCUT2D eigenvalue weighted by Crippen LogP contribution is -2.26. The van der Waals surface area contributed by atoms with E-state index >= 15 is 0 Å². The lowest BCUT2D eigenvalue weighted by molar-refractivity contribution is -0.154. The Bertz CT molecular complexity index is 335. The van der Waals surface area contributed by atoms with Gasteiger partial charge in [0.05, 0.1) is 31.5 Å². The molecular formula is C14H24O6. The van der Waals surface area contributed by atoms with Crippen LogP contribution >= 0.6 is 0 Å². The van der Waals surface area contributed by atoms with Gasteiger partial charge in [-0.05, 0) is 33.1 Å². The molecule has 0 aliphatic heterocycles. The average molecular weight is 288 g/mol. The van der Waals surface area contributed by atoms with Crippen molar-refractivity contribution in [3.63, 3.8) is 0 Å². The van der Waals surface area contributed by atoms with Crippen LogP contribution in [0.15, 0.2) is 0 Å². The number of hydrogen-bond acceptors (Lipinski definition) is 5. The van der Waals surface area contributed by atoms with Gasteiger partial charge in [0.2, 0.25) is 0 Å². The highest BCUT2D eigenvalue weighted by Gasteiger charge is 2.26. The Balaban J connectivity index is 3.56. The van der Waals surface area contributed by atoms with E-state index in [1.54, 1.807) is 0 Å². The van der Waals surface area contributed by atoms with E-state index < -0.39 is 17.4 Å². The minimum atomic E-state index is -1.02. The molecule has 0 rings (SSSR count). The highest BCUT2D eigenvalue weighted by atomic mass is 16.5. The first-order chi connectivity index (χ1) is 9.29. The van der Waals surface area contributed by atoms with Crippen LogP contribution in [0.3, 0.4) is 0 Å². The van der Waals surface area contributed by atoms with Gasteiger partial charge in [0, 0.05) is 0 Å². The summed E-state index contributed by atoms with van der Waals surface area (Å²) >= 11 is 0. The Labute approximate surface area is 119 Å². The molecule has 0 unspecified atom stereocenters. The normalized spacial score (nSPS) is 10.9. The number of rotatable bonds is 10. The van der Waals surface area contributed by atoms with Crippen molar-refractivity contribution in [2.24, 2.45) is 5.41 Å². The second-order valence-corrected chi connectivity index (χ2v) is 5.19. The maximum Gasteiger partial charge on any atom is 0.311 e. The molecule has 0 aromatic heterocycles. The minimum absolute atomic E-state index is 0.116. The third-order valence-corrected chi connectivity index (χ3v) is 3.01. The predicted octanol–water partition coefficient (Wildman–Crippen LogP) is 2.15. The number of carboxylic acids is 1. The number of carbonyl (C=O) groups excluding carboxylic acids is 2. The Morgan fingerprint density at radius 1 is 1.00 bits per heavy atom. The standard InChI is InChI=1S/C14H24O6/c1-4-14(2,3)13(18)20-10-6-5-9-19-12(17)8-7-11(15)16/h4-10H2,1-3H3,(H,15,16). The van der Waals surface area contributed by atoms with Crippen molar-refractivity contribution in [1.82, 2.24) is 0 Å². The Hall–Kier alpha value is -1.59. The fourth-order valence-electron chi connectivity index (χ4n) is 1.18. The fourth-order valence-corrected chi connectivity index (χ4v) is 1.18. The van der Waals surface area contributed by atoms with E-state index in [2.05, 4.69) is 0 Å². The van der Waals surface area contributed by atoms with Crippen LogP contribution in [0, 0.1) is 5.41 Å². The van der Waals surface area contributed by atoms with E-state index in [0.717, 1.165) is 0 Å². The number of carboxylic acid groups (broad SMARTS) is 1. The van der Waals surface area contributed by atoms with Gasteiger partial charge in [0.25, 0.3) is 0 Å². The zero-order chi connectivity index (χ0) is 15.6. The number of aliphatic carboxylic acids is 1. The summed E-state index contributed by atoms with van der Waals surface area (Å²) in [7, 11) is 0. The third kappa shape index (κ3) is 8.50. The number of ether oxygens (including phenoxy) is 2. The highest BCUT2D eigenvalue weighted by molar-refractivity contribution is 5.76. The number of esters is 2. The first-order valence-corrected chi connectivity index (χ1v) is 6.84. The zero-order valence-electron chi connectivity index (χ0n) is 12.4. The first-order valence-electron chi connectivity index (χ1n) is 6.84. The summed E-state index contributed by atoms with van der Waals surface area (Å²) in [5.41, 5.74) is -0.469. The van der Waals surface area contributed by atoms with Gasteiger partial charge in [-0.3, -0.25) is 14.4 Å². The Kier molecular flexibility index (Phi) is 8.59. The lowest BCUT2D eigenvalue weighted by atomic mass is 9.91. The monoisotopic (exact) mass is 288 g/mol. The van der Waals surface area contributed by atoms with Crippen molar-refractivity contribution in [2.75, 3.05) is 13.2 Å². The molecule has 0 atom stereocenters. The number of carbonyl (C=O) groups is 3. The van der Waals surface area contributed by atoms with Gasteiger partial charge in [-0.1, -0.05) is 6.92 Å². The van der Waals surface area contributed by atoms with Gasteiger partial charge in [-0.25, -0.2) is 0 Å². The molecule has 0 spiro atoms. The molecule has 0 saturated carbocycles. The number of unbranched alkanes of at least 4 members (excludes halogenated alkanes) is 1. The van der Waals surface area contributed by atoms with Crippen LogP contribution in [0.1, 0.15) is 52.9 Å². The fraction of sp³-hybridized carbons (Fsp3) is 0.786. The van der Waals surface area contributed by atoms with E-state index in [1.807, 2.05) is 20.8 Å². The number of hydrogen-bond donors (Lipinski definition) is 1. The van der Waals surface area contributed by atoms with Crippen LogP contribution in [0.5, 0.6) is 0 Å². The van der Waals surface area contributed by atoms with Crippen molar-refractivity contribution in [1.29, 1.82) is 0 Å². The lowest BCUT2D eigenvalue weighted by Gasteiger charge is -2.20. The van der Waals surface area contributed by atoms with E-state index in [0.29, 0.717) is 25.9 Å². The van der Waals surface area contributed by atoms with E-state index in [9.17, 15) is 14.4 Å². The molecular weight excluding hydrogens is 264 g/mol. The maximum absolute atomic E-state index is 11.6. The van der Waals surface area contributed by atoms with Crippen molar-refractivity contribution >= 4 is 17.9 Å². The van der Waals surface area contributed by atoms with Crippen LogP contribution in [0.4, 0.5) is 0 Å². The minimum Gasteiger partial charge on any atom is -0.481 e. The highest BCUT2D eigenvalue weighted by Crippen LogP contribution is 2.21. The van der Waals surface area contributed by atoms with Crippen molar-refractivity contribution in [2.45, 2.75) is 52.9 Å². The first kappa shape index (κ1) is 18.4. The van der Waals surface area contributed by atoms with E-state index in [1.165, 1.54) is 0 Å². The smallest absolute Gasteiger partial charge is 0.311 e. The van der Waals surface area contributed by atoms with Crippen LogP contribution in [-0.4, -0.2) is 36.2 Å². The SMILES string of the molecule is CCC(C)(C)C(=O)OCCCCOC(=O)CCC(=O)O. The summed E-state index contributed by atoms with van der Waals surface area (Å²) in [5, 5.41) is 8.39. The van der Waals surface area contributed by atoms with Gasteiger partial charge in [0.1, 0.15) is 0 Å². The quantitative estimate of drug-likeness (QED) is 0.489. The molecule has 116 valence electrons. The molecule has 0 fully saturated rings. The Morgan fingerprint density at radius 2 is 1.55 bits per heavy atom. The van der Waals surface area contributed by atoms with Crippen LogP contribution in [-0.2, 0) is 23.9 Å². The van der Waals surface area contributed by atoms with Crippen LogP contribution < -0.4 is 0 Å². The molecule has 6 heteroatoms. The molecule has 0 saturated heterocycles. The van der Waals surface area contributed by atoms with Crippen LogP contribution in [0.25, 0.3) is 0 Å². The molecule has 0 bridgehead atoms. The van der Waals surface area contributed by atoms with Gasteiger partial charge >= 0.3 is 17.9 Å². The predicted molar refractivity (Wildman–Crippen MR) is 72.1 cm³/mol. The van der Waals surface area contributed by atoms with Crippen molar-refractivity contribution in [3.8, 4) is 0 Å². The topological polar surface area (TPSA) is 89.9 Å². The van der Waals surface area contributed by atoms with E-state index in [4.69, 9.17) is 14.6 Å². The summed E-state index contributed by atoms with van der Waals surface area (Å²) in [4.78, 5) is 32.9. The van der Waals surface area contributed by atoms with Crippen molar-refractivity contribution < 1.29 is 29.0 Å². The molecule has 0 aromatic carbocycles. The molecule has 0 radical (unpaired) electrons. The molecule has 1 N–H and O–H groups in total. The third-order valence-electron chi connectivity index (χ3n) is 3.01. The summed E-state index contributed by atoms with van der Waals surface area (Å²) in [6.45, 7) is 6.11. The summed E-state index contributed by atoms with van der Waals surface area (Å²) in [5.74, 6) is -1.76. The maximum atomic E-state index is 11.6. The molecule has 20 heavy (non-hydrogen) atoms. The summed E-state index contributed by atoms with van der Waals surface area (Å²) in [6, 6.07) is 0. The Morgan fingerprint density at radius 3 is 2.05 bits per heavy atom. The molecule has 0 aliphatic carbocycles. The van der Waals surface area contributed by atoms with Gasteiger partial charge in [-0.15, -0.1) is 0 Å². The van der Waals surface area contributed by atoms with Crippen molar-refractivity contribution in [3.05, 3.63) is 0 Å². The molecule has 0 heterocycles. The zero-order valence-corrected chi connectivity index (χ0v) is 12.4. The van der Waals surface area contributed by atoms with Crippen LogP contribution in [0.2, 0.25) is 0 Å². The average Bonchev–Trinajstić information content (AvgIpc) is 2.39. The van der Waals surface area contributed by atoms with Gasteiger partial charge < -0.3 is 14.6 Å². The molecule has 0 aliphatic rings. The second-order valence-electron chi connectivity index (χ2n) is 5.19. The largest absolute Gasteiger partial charge is 0.481 e. The molecule has 6 nitrogen and oxygen atoms in total. The summed E-state index contributed by atoms with van der Waals surface area (Å²) in [6.07, 6.45) is 1.57. The summed E-state index contributed by atoms with van der Waals surface area (Å²) < 4.78 is 9.97. The molecule has 0 aromatic rings. The van der Waals surface area contributed by atoms with E-state index in [-0.39, 0.29) is 25.4 Å². The second kappa shape index (κ2) is 9.34. The molecule has 0 amide bonds. The van der Waals surface area contributed by atoms with Gasteiger partial charge in [0.15, 0.2) is 0 Å². The van der Waals surface area contributed by atoms with Gasteiger partial charge in [-0.2, -0.15) is 0 Å².